The number of aromatic nitrogens is 2. The molecule has 4 rings (SSSR count). The first-order chi connectivity index (χ1) is 15.5. The first-order valence-corrected chi connectivity index (χ1v) is 11.7. The van der Waals surface area contributed by atoms with E-state index in [9.17, 15) is 9.59 Å². The van der Waals surface area contributed by atoms with Crippen molar-refractivity contribution < 1.29 is 9.53 Å². The number of hydrogen-bond donors (Lipinski definition) is 2. The average Bonchev–Trinajstić information content (AvgIpc) is 2.79. The van der Waals surface area contributed by atoms with Crippen LogP contribution in [-0.2, 0) is 9.53 Å². The number of ether oxygens (including phenoxy) is 1. The third-order valence-corrected chi connectivity index (χ3v) is 6.07. The van der Waals surface area contributed by atoms with Crippen LogP contribution < -0.4 is 10.9 Å². The van der Waals surface area contributed by atoms with Gasteiger partial charge in [-0.3, -0.25) is 4.79 Å². The normalized spacial score (nSPS) is 15.2. The molecule has 0 radical (unpaired) electrons. The lowest BCUT2D eigenvalue weighted by atomic mass is 9.81. The van der Waals surface area contributed by atoms with E-state index < -0.39 is 11.9 Å². The van der Waals surface area contributed by atoms with E-state index >= 15 is 0 Å². The number of halogens is 1. The van der Waals surface area contributed by atoms with E-state index in [4.69, 9.17) is 16.3 Å². The van der Waals surface area contributed by atoms with Crippen molar-refractivity contribution in [1.82, 2.24) is 9.97 Å². The molecule has 8 heteroatoms. The van der Waals surface area contributed by atoms with Gasteiger partial charge in [0.1, 0.15) is 5.82 Å². The van der Waals surface area contributed by atoms with E-state index in [1.54, 1.807) is 19.1 Å². The van der Waals surface area contributed by atoms with E-state index in [2.05, 4.69) is 15.3 Å². The monoisotopic (exact) mass is 467 g/mol. The molecule has 3 aromatic rings. The minimum atomic E-state index is -0.672. The molecule has 0 bridgehead atoms. The lowest BCUT2D eigenvalue weighted by Crippen LogP contribution is -2.31. The first-order valence-electron chi connectivity index (χ1n) is 10.3. The number of benzene rings is 2. The molecule has 32 heavy (non-hydrogen) atoms. The summed E-state index contributed by atoms with van der Waals surface area (Å²) in [5.41, 5.74) is 2.55. The second-order valence-corrected chi connectivity index (χ2v) is 8.74. The number of carbonyl (C=O) groups is 1. The SMILES string of the molecule is CCOC(=O)C1=C(c2ccccc2)Nc2nc(SCC)[nH]c(=O)c2C1c1ccc(Cl)cc1. The Hall–Kier alpha value is -3.03. The summed E-state index contributed by atoms with van der Waals surface area (Å²) in [6.07, 6.45) is 0. The van der Waals surface area contributed by atoms with Gasteiger partial charge in [-0.05, 0) is 35.9 Å². The summed E-state index contributed by atoms with van der Waals surface area (Å²) < 4.78 is 5.43. The molecule has 2 heterocycles. The third-order valence-electron chi connectivity index (χ3n) is 5.07. The molecular weight excluding hydrogens is 446 g/mol. The molecule has 0 aliphatic carbocycles. The number of nitrogens with one attached hydrogen (secondary N) is 2. The van der Waals surface area contributed by atoms with Gasteiger partial charge in [-0.25, -0.2) is 9.78 Å². The van der Waals surface area contributed by atoms with Crippen molar-refractivity contribution in [2.24, 2.45) is 0 Å². The highest BCUT2D eigenvalue weighted by atomic mass is 35.5. The number of thioether (sulfide) groups is 1. The molecule has 2 aromatic carbocycles. The molecule has 0 amide bonds. The summed E-state index contributed by atoms with van der Waals surface area (Å²) in [5.74, 6) is 0.0275. The van der Waals surface area contributed by atoms with Crippen LogP contribution in [0.2, 0.25) is 5.02 Å². The minimum absolute atomic E-state index is 0.214. The van der Waals surface area contributed by atoms with Crippen LogP contribution in [0.5, 0.6) is 0 Å². The van der Waals surface area contributed by atoms with Crippen LogP contribution in [0.1, 0.15) is 36.5 Å². The second-order valence-electron chi connectivity index (χ2n) is 7.05. The Morgan fingerprint density at radius 2 is 1.84 bits per heavy atom. The number of anilines is 1. The molecule has 0 saturated heterocycles. The van der Waals surface area contributed by atoms with Crippen LogP contribution >= 0.6 is 23.4 Å². The minimum Gasteiger partial charge on any atom is -0.463 e. The van der Waals surface area contributed by atoms with Crippen molar-refractivity contribution >= 4 is 40.8 Å². The highest BCUT2D eigenvalue weighted by Crippen LogP contribution is 2.43. The van der Waals surface area contributed by atoms with Gasteiger partial charge in [0.2, 0.25) is 0 Å². The molecule has 0 spiro atoms. The van der Waals surface area contributed by atoms with Crippen LogP contribution in [0.25, 0.3) is 5.70 Å². The number of fused-ring (bicyclic) bond motifs is 1. The van der Waals surface area contributed by atoms with Crippen LogP contribution in [0.3, 0.4) is 0 Å². The van der Waals surface area contributed by atoms with Crippen molar-refractivity contribution in [2.45, 2.75) is 24.9 Å². The fourth-order valence-electron chi connectivity index (χ4n) is 3.75. The molecule has 1 aromatic heterocycles. The fourth-order valence-corrected chi connectivity index (χ4v) is 4.47. The molecule has 1 atom stereocenters. The molecule has 2 N–H and O–H groups in total. The molecule has 0 saturated carbocycles. The summed E-state index contributed by atoms with van der Waals surface area (Å²) >= 11 is 7.55. The maximum atomic E-state index is 13.2. The van der Waals surface area contributed by atoms with Crippen molar-refractivity contribution in [3.05, 3.63) is 92.2 Å². The van der Waals surface area contributed by atoms with Gasteiger partial charge in [-0.15, -0.1) is 0 Å². The van der Waals surface area contributed by atoms with Crippen molar-refractivity contribution in [2.75, 3.05) is 17.7 Å². The quantitative estimate of drug-likeness (QED) is 0.299. The Balaban J connectivity index is 2.02. The fraction of sp³-hybridized carbons (Fsp3) is 0.208. The predicted octanol–water partition coefficient (Wildman–Crippen LogP) is 5.07. The second kappa shape index (κ2) is 9.63. The van der Waals surface area contributed by atoms with Gasteiger partial charge in [-0.2, -0.15) is 0 Å². The smallest absolute Gasteiger partial charge is 0.337 e. The van der Waals surface area contributed by atoms with E-state index in [1.807, 2.05) is 49.4 Å². The number of hydrogen-bond acceptors (Lipinski definition) is 6. The van der Waals surface area contributed by atoms with Gasteiger partial charge in [-0.1, -0.05) is 72.8 Å². The van der Waals surface area contributed by atoms with E-state index in [-0.39, 0.29) is 12.2 Å². The summed E-state index contributed by atoms with van der Waals surface area (Å²) in [5, 5.41) is 4.35. The van der Waals surface area contributed by atoms with Gasteiger partial charge in [0, 0.05) is 5.02 Å². The number of H-pyrrole nitrogens is 1. The number of carbonyl (C=O) groups excluding carboxylic acids is 1. The molecule has 1 aliphatic rings. The maximum Gasteiger partial charge on any atom is 0.337 e. The van der Waals surface area contributed by atoms with E-state index in [0.717, 1.165) is 16.9 Å². The van der Waals surface area contributed by atoms with E-state index in [0.29, 0.717) is 32.8 Å². The topological polar surface area (TPSA) is 84.1 Å². The third kappa shape index (κ3) is 4.31. The number of nitrogens with zero attached hydrogens (tertiary/aromatic N) is 1. The Bertz CT molecular complexity index is 1220. The number of rotatable bonds is 6. The van der Waals surface area contributed by atoms with Crippen molar-refractivity contribution in [1.29, 1.82) is 0 Å². The largest absolute Gasteiger partial charge is 0.463 e. The highest BCUT2D eigenvalue weighted by molar-refractivity contribution is 7.99. The number of aromatic amines is 1. The van der Waals surface area contributed by atoms with Crippen LogP contribution in [0.15, 0.2) is 70.1 Å². The summed E-state index contributed by atoms with van der Waals surface area (Å²) in [7, 11) is 0. The summed E-state index contributed by atoms with van der Waals surface area (Å²) in [6, 6.07) is 16.6. The standard InChI is InChI=1S/C24H22ClN3O3S/c1-3-31-23(30)18-17(14-10-12-16(25)13-11-14)19-21(27-24(32-4-2)28-22(19)29)26-20(18)15-8-6-5-7-9-15/h5-13,17H,3-4H2,1-2H3,(H2,26,27,28,29). The Morgan fingerprint density at radius 1 is 1.12 bits per heavy atom. The van der Waals surface area contributed by atoms with Gasteiger partial charge in [0.25, 0.3) is 5.56 Å². The zero-order chi connectivity index (χ0) is 22.7. The summed E-state index contributed by atoms with van der Waals surface area (Å²) in [4.78, 5) is 34.0. The molecule has 1 unspecified atom stereocenters. The summed E-state index contributed by atoms with van der Waals surface area (Å²) in [6.45, 7) is 3.96. The molecule has 164 valence electrons. The van der Waals surface area contributed by atoms with E-state index in [1.165, 1.54) is 11.8 Å². The van der Waals surface area contributed by atoms with Crippen molar-refractivity contribution in [3.8, 4) is 0 Å². The lowest BCUT2D eigenvalue weighted by molar-refractivity contribution is -0.138. The van der Waals surface area contributed by atoms with Crippen molar-refractivity contribution in [3.63, 3.8) is 0 Å². The van der Waals surface area contributed by atoms with Gasteiger partial charge in [0.15, 0.2) is 5.16 Å². The zero-order valence-electron chi connectivity index (χ0n) is 17.6. The lowest BCUT2D eigenvalue weighted by Gasteiger charge is -2.30. The average molecular weight is 468 g/mol. The van der Waals surface area contributed by atoms with Crippen LogP contribution in [0, 0.1) is 0 Å². The highest BCUT2D eigenvalue weighted by Gasteiger charge is 2.38. The van der Waals surface area contributed by atoms with Gasteiger partial charge < -0.3 is 15.0 Å². The molecule has 0 fully saturated rings. The Kier molecular flexibility index (Phi) is 6.67. The zero-order valence-corrected chi connectivity index (χ0v) is 19.2. The molecule has 6 nitrogen and oxygen atoms in total. The maximum absolute atomic E-state index is 13.2. The van der Waals surface area contributed by atoms with Crippen LogP contribution in [-0.4, -0.2) is 28.3 Å². The Labute approximate surface area is 195 Å². The molecule has 1 aliphatic heterocycles. The van der Waals surface area contributed by atoms with Gasteiger partial charge >= 0.3 is 5.97 Å². The first kappa shape index (κ1) is 22.2. The van der Waals surface area contributed by atoms with Gasteiger partial charge in [0.05, 0.1) is 29.4 Å². The Morgan fingerprint density at radius 3 is 2.50 bits per heavy atom. The molecular formula is C24H22ClN3O3S. The predicted molar refractivity (Wildman–Crippen MR) is 128 cm³/mol. The van der Waals surface area contributed by atoms with Crippen LogP contribution in [0.4, 0.5) is 5.82 Å². The number of esters is 1.